The van der Waals surface area contributed by atoms with Crippen molar-refractivity contribution in [3.8, 4) is 0 Å². The van der Waals surface area contributed by atoms with E-state index in [2.05, 4.69) is 69.2 Å². The number of hydrogen-bond donors (Lipinski definition) is 0. The summed E-state index contributed by atoms with van der Waals surface area (Å²) in [7, 11) is -20.4. The Bertz CT molecular complexity index is 1130. The van der Waals surface area contributed by atoms with Gasteiger partial charge in [-0.1, -0.05) is 168 Å². The van der Waals surface area contributed by atoms with Gasteiger partial charge in [0.25, 0.3) is 0 Å². The van der Waals surface area contributed by atoms with Gasteiger partial charge in [0, 0.05) is 64.8 Å². The molecule has 0 spiro atoms. The molecule has 75 heavy (non-hydrogen) atoms. The van der Waals surface area contributed by atoms with Gasteiger partial charge in [-0.2, -0.15) is 0 Å². The molecule has 1 fully saturated rings. The van der Waals surface area contributed by atoms with E-state index >= 15 is 0 Å². The summed E-state index contributed by atoms with van der Waals surface area (Å²) in [5.41, 5.74) is 0. The summed E-state index contributed by atoms with van der Waals surface area (Å²) < 4.78 is 90.1. The van der Waals surface area contributed by atoms with Crippen LogP contribution in [0.25, 0.3) is 0 Å². The Balaban J connectivity index is -0.000000691. The molecule has 0 amide bonds. The molecule has 1 saturated heterocycles. The summed E-state index contributed by atoms with van der Waals surface area (Å²) >= 11 is 0. The molecule has 0 saturated carbocycles. The fourth-order valence-corrected chi connectivity index (χ4v) is 25.3. The Labute approximate surface area is 461 Å². The molecule has 1 rings (SSSR count). The van der Waals surface area contributed by atoms with Crippen LogP contribution in [-0.4, -0.2) is 140 Å². The second kappa shape index (κ2) is 52.7. The molecular weight excluding hydrogens is 1060 g/mol. The summed E-state index contributed by atoms with van der Waals surface area (Å²) in [4.78, 5) is 59.4. The van der Waals surface area contributed by atoms with Crippen LogP contribution in [0.1, 0.15) is 200 Å². The number of hydrogen-bond acceptors (Lipinski definition) is 20. The van der Waals surface area contributed by atoms with Crippen molar-refractivity contribution in [1.82, 2.24) is 0 Å². The normalized spacial score (nSPS) is 21.9. The molecule has 0 aromatic heterocycles. The van der Waals surface area contributed by atoms with Crippen molar-refractivity contribution in [1.29, 1.82) is 0 Å². The Morgan fingerprint density at radius 2 is 0.360 bits per heavy atom. The maximum Gasteiger partial charge on any atom is 0.483 e. The molecule has 0 N–H and O–H groups in total. The Morgan fingerprint density at radius 1 is 0.240 bits per heavy atom. The minimum atomic E-state index is -4.09. The lowest BCUT2D eigenvalue weighted by Crippen LogP contribution is -2.70. The molecule has 0 aliphatic carbocycles. The van der Waals surface area contributed by atoms with E-state index < -0.39 is 73.9 Å². The smallest absolute Gasteiger partial charge is 0.463 e. The highest BCUT2D eigenvalue weighted by Gasteiger charge is 2.63. The zero-order valence-corrected chi connectivity index (χ0v) is 55.8. The molecule has 0 radical (unpaired) electrons. The van der Waals surface area contributed by atoms with Crippen LogP contribution in [0.5, 0.6) is 0 Å². The molecule has 0 bridgehead atoms. The third kappa shape index (κ3) is 51.2. The van der Waals surface area contributed by atoms with Crippen LogP contribution in [0.4, 0.5) is 0 Å². The van der Waals surface area contributed by atoms with Crippen molar-refractivity contribution in [2.45, 2.75) is 233 Å². The average molecular weight is 1170 g/mol. The first-order chi connectivity index (χ1) is 35.4. The summed E-state index contributed by atoms with van der Waals surface area (Å²) in [5.74, 6) is -2.26. The molecule has 0 unspecified atom stereocenters. The monoisotopic (exact) mass is 1170 g/mol. The third-order valence-electron chi connectivity index (χ3n) is 9.35. The molecule has 0 atom stereocenters. The zero-order chi connectivity index (χ0) is 58.7. The molecule has 20 nitrogen and oxygen atoms in total. The van der Waals surface area contributed by atoms with E-state index in [1.807, 2.05) is 0 Å². The Hall–Kier alpha value is -1.97. The van der Waals surface area contributed by atoms with Crippen molar-refractivity contribution in [3.63, 3.8) is 0 Å². The van der Waals surface area contributed by atoms with Gasteiger partial charge < -0.3 is 66.4 Å². The van der Waals surface area contributed by atoms with E-state index in [1.165, 1.54) is 96.9 Å². The van der Waals surface area contributed by atoms with E-state index in [4.69, 9.17) is 66.4 Å². The van der Waals surface area contributed by atoms with Crippen LogP contribution in [0.3, 0.4) is 0 Å². The van der Waals surface area contributed by atoms with E-state index in [-0.39, 0.29) is 98.2 Å². The first-order valence-electron chi connectivity index (χ1n) is 27.9. The first-order valence-corrected chi connectivity index (χ1v) is 39.0. The topological polar surface area (TPSA) is 224 Å². The van der Waals surface area contributed by atoms with E-state index in [0.29, 0.717) is 0 Å². The SMILES string of the molecule is CCC(=O)OCCO[Si]1(C)O[Si](C)(OCCOC(=O)CC)O[Si](C)(OCCOC(=O)CC)O[Si](C)(OCCOC(=O)CC)O[Si](C)(OCCOC(=O)CC)O1.CCCC.CCCC.CCCC.CCCC.CCCC. The minimum absolute atomic E-state index is 0.147. The number of esters is 5. The number of unbranched alkanes of at least 4 members (excludes halogenated alkanes) is 5. The number of carbonyl (C=O) groups excluding carboxylic acids is 5. The fraction of sp³-hybridized carbons (Fsp3) is 0.900. The number of carbonyl (C=O) groups is 5. The first kappa shape index (κ1) is 81.9. The van der Waals surface area contributed by atoms with Gasteiger partial charge in [0.2, 0.25) is 0 Å². The van der Waals surface area contributed by atoms with Crippen molar-refractivity contribution in [2.24, 2.45) is 0 Å². The lowest BCUT2D eigenvalue weighted by Gasteiger charge is -2.46. The number of ether oxygens (including phenoxy) is 5. The summed E-state index contributed by atoms with van der Waals surface area (Å²) in [6, 6.07) is 0. The van der Waals surface area contributed by atoms with Crippen molar-refractivity contribution in [3.05, 3.63) is 0 Å². The zero-order valence-electron chi connectivity index (χ0n) is 50.8. The van der Waals surface area contributed by atoms with Crippen LogP contribution < -0.4 is 0 Å². The highest BCUT2D eigenvalue weighted by Crippen LogP contribution is 2.33. The van der Waals surface area contributed by atoms with Gasteiger partial charge in [0.15, 0.2) is 0 Å². The maximum absolute atomic E-state index is 11.9. The molecule has 0 aromatic carbocycles. The lowest BCUT2D eigenvalue weighted by atomic mass is 10.4. The molecule has 0 aromatic rings. The van der Waals surface area contributed by atoms with Crippen LogP contribution in [-0.2, 0) is 90.4 Å². The van der Waals surface area contributed by atoms with Gasteiger partial charge >= 0.3 is 73.9 Å². The standard InChI is InChI=1S/C30H60O20Si5.5C4H10/c1-11-26(31)36-16-21-41-51(6)46-52(7,42-22-17-37-27(32)12-2)48-54(9,44-24-19-39-29(34)14-4)50-55(10,45-25-20-40-30(35)15-5)49-53(8,47-51)43-23-18-38-28(33)13-3;5*1-3-4-2/h11-25H2,1-10H3;5*3-4H2,1-2H3. The summed E-state index contributed by atoms with van der Waals surface area (Å²) in [6.07, 6.45) is 13.9. The molecule has 25 heteroatoms. The molecule has 1 aliphatic rings. The summed E-state index contributed by atoms with van der Waals surface area (Å²) in [5, 5.41) is 0. The van der Waals surface area contributed by atoms with Crippen molar-refractivity contribution < 1.29 is 90.4 Å². The fourth-order valence-electron chi connectivity index (χ4n) is 4.51. The van der Waals surface area contributed by atoms with Gasteiger partial charge in [-0.05, 0) is 0 Å². The molecule has 1 aliphatic heterocycles. The van der Waals surface area contributed by atoms with Gasteiger partial charge in [-0.3, -0.25) is 24.0 Å². The van der Waals surface area contributed by atoms with Gasteiger partial charge in [-0.25, -0.2) is 0 Å². The van der Waals surface area contributed by atoms with Crippen LogP contribution in [0.2, 0.25) is 32.7 Å². The van der Waals surface area contributed by atoms with Gasteiger partial charge in [-0.15, -0.1) is 0 Å². The predicted molar refractivity (Wildman–Crippen MR) is 302 cm³/mol. The second-order valence-corrected chi connectivity index (χ2v) is 31.1. The molecule has 1 heterocycles. The Morgan fingerprint density at radius 3 is 0.453 bits per heavy atom. The molecule has 450 valence electrons. The van der Waals surface area contributed by atoms with E-state index in [9.17, 15) is 24.0 Å². The quantitative estimate of drug-likeness (QED) is 0.0282. The largest absolute Gasteiger partial charge is 0.483 e. The van der Waals surface area contributed by atoms with Crippen LogP contribution in [0.15, 0.2) is 0 Å². The highest BCUT2D eigenvalue weighted by atomic mass is 28.6. The second-order valence-electron chi connectivity index (χ2n) is 16.9. The lowest BCUT2D eigenvalue weighted by molar-refractivity contribution is -0.145. The third-order valence-corrected chi connectivity index (χ3v) is 27.8. The van der Waals surface area contributed by atoms with Crippen molar-refractivity contribution >= 4 is 73.9 Å². The minimum Gasteiger partial charge on any atom is -0.463 e. The molecular formula is C50H110O20Si5. The highest BCUT2D eigenvalue weighted by molar-refractivity contribution is 6.88. The predicted octanol–water partition coefficient (Wildman–Crippen LogP) is 11.8. The van der Waals surface area contributed by atoms with Gasteiger partial charge in [0.1, 0.15) is 33.0 Å². The van der Waals surface area contributed by atoms with Crippen molar-refractivity contribution in [2.75, 3.05) is 66.1 Å². The van der Waals surface area contributed by atoms with E-state index in [1.54, 1.807) is 34.6 Å². The maximum atomic E-state index is 11.9. The van der Waals surface area contributed by atoms with E-state index in [0.717, 1.165) is 0 Å². The van der Waals surface area contributed by atoms with Crippen LogP contribution in [0, 0.1) is 0 Å². The number of rotatable bonds is 30. The average Bonchev–Trinajstić information content (AvgIpc) is 3.39. The van der Waals surface area contributed by atoms with Gasteiger partial charge in [0.05, 0.1) is 33.0 Å². The Kier molecular flexibility index (Phi) is 57.6. The van der Waals surface area contributed by atoms with Crippen LogP contribution >= 0.6 is 0 Å². The summed E-state index contributed by atoms with van der Waals surface area (Å²) in [6.45, 7) is 36.1.